The molecule has 0 heterocycles. The van der Waals surface area contributed by atoms with Crippen LogP contribution in [0.4, 0.5) is 5.69 Å². The Morgan fingerprint density at radius 2 is 1.84 bits per heavy atom. The summed E-state index contributed by atoms with van der Waals surface area (Å²) in [6.45, 7) is 3.84. The lowest BCUT2D eigenvalue weighted by Gasteiger charge is -2.10. The van der Waals surface area contributed by atoms with Gasteiger partial charge in [-0.2, -0.15) is 0 Å². The van der Waals surface area contributed by atoms with E-state index in [1.807, 2.05) is 38.1 Å². The van der Waals surface area contributed by atoms with Crippen molar-refractivity contribution < 1.29 is 4.79 Å². The van der Waals surface area contributed by atoms with Gasteiger partial charge < -0.3 is 5.32 Å². The molecule has 0 saturated heterocycles. The number of hydrogen-bond donors (Lipinski definition) is 1. The monoisotopic (exact) mass is 337 g/mol. The Morgan fingerprint density at radius 1 is 1.11 bits per heavy atom. The summed E-state index contributed by atoms with van der Waals surface area (Å²) in [7, 11) is 0. The van der Waals surface area contributed by atoms with Crippen molar-refractivity contribution in [3.8, 4) is 0 Å². The van der Waals surface area contributed by atoms with Crippen LogP contribution in [-0.2, 0) is 0 Å². The molecule has 0 bridgehead atoms. The molecule has 2 aromatic carbocycles. The van der Waals surface area contributed by atoms with E-state index in [0.717, 1.165) is 21.3 Å². The fourth-order valence-corrected chi connectivity index (χ4v) is 2.44. The summed E-state index contributed by atoms with van der Waals surface area (Å²) in [5.74, 6) is -0.148. The lowest BCUT2D eigenvalue weighted by atomic mass is 10.1. The van der Waals surface area contributed by atoms with E-state index in [0.29, 0.717) is 10.6 Å². The van der Waals surface area contributed by atoms with Gasteiger partial charge >= 0.3 is 0 Å². The maximum Gasteiger partial charge on any atom is 0.255 e. The Labute approximate surface area is 125 Å². The van der Waals surface area contributed by atoms with Gasteiger partial charge in [0.2, 0.25) is 0 Å². The molecule has 0 aromatic heterocycles. The molecule has 2 rings (SSSR count). The second-order valence-corrected chi connectivity index (χ2v) is 5.72. The van der Waals surface area contributed by atoms with Crippen LogP contribution in [0, 0.1) is 13.8 Å². The van der Waals surface area contributed by atoms with E-state index in [9.17, 15) is 4.79 Å². The number of benzene rings is 2. The van der Waals surface area contributed by atoms with Gasteiger partial charge in [-0.05, 0) is 55.3 Å². The molecule has 2 aromatic rings. The minimum atomic E-state index is -0.148. The van der Waals surface area contributed by atoms with Crippen LogP contribution in [0.2, 0.25) is 5.02 Å². The third-order valence-electron chi connectivity index (χ3n) is 2.88. The van der Waals surface area contributed by atoms with Crippen molar-refractivity contribution >= 4 is 39.1 Å². The first-order valence-electron chi connectivity index (χ1n) is 5.81. The molecule has 0 radical (unpaired) electrons. The van der Waals surface area contributed by atoms with Crippen molar-refractivity contribution in [3.05, 3.63) is 62.6 Å². The van der Waals surface area contributed by atoms with Crippen molar-refractivity contribution in [2.45, 2.75) is 13.8 Å². The zero-order valence-electron chi connectivity index (χ0n) is 10.6. The second kappa shape index (κ2) is 5.76. The molecule has 98 valence electrons. The first-order chi connectivity index (χ1) is 8.97. The van der Waals surface area contributed by atoms with E-state index < -0.39 is 0 Å². The lowest BCUT2D eigenvalue weighted by Crippen LogP contribution is -2.14. The van der Waals surface area contributed by atoms with Gasteiger partial charge in [0.25, 0.3) is 5.91 Å². The highest BCUT2D eigenvalue weighted by Gasteiger charge is 2.11. The maximum absolute atomic E-state index is 12.2. The summed E-state index contributed by atoms with van der Waals surface area (Å²) < 4.78 is 0.988. The van der Waals surface area contributed by atoms with E-state index in [2.05, 4.69) is 21.2 Å². The maximum atomic E-state index is 12.2. The van der Waals surface area contributed by atoms with Gasteiger partial charge in [0.1, 0.15) is 0 Å². The van der Waals surface area contributed by atoms with Gasteiger partial charge in [-0.1, -0.05) is 33.6 Å². The number of carbonyl (C=O) groups is 1. The van der Waals surface area contributed by atoms with E-state index in [1.165, 1.54) is 0 Å². The van der Waals surface area contributed by atoms with Crippen LogP contribution in [0.15, 0.2) is 40.9 Å². The standard InChI is InChI=1S/C15H13BrClNO/c1-9-3-5-12(17)8-13(9)15(19)18-14-6-4-11(16)7-10(14)2/h3-8H,1-2H3,(H,18,19). The first-order valence-corrected chi connectivity index (χ1v) is 6.98. The van der Waals surface area contributed by atoms with Gasteiger partial charge in [0.05, 0.1) is 0 Å². The molecule has 0 saturated carbocycles. The van der Waals surface area contributed by atoms with Crippen molar-refractivity contribution in [2.24, 2.45) is 0 Å². The lowest BCUT2D eigenvalue weighted by molar-refractivity contribution is 0.102. The summed E-state index contributed by atoms with van der Waals surface area (Å²) in [5, 5.41) is 3.46. The highest BCUT2D eigenvalue weighted by Crippen LogP contribution is 2.22. The Balaban J connectivity index is 2.28. The normalized spacial score (nSPS) is 10.3. The van der Waals surface area contributed by atoms with Gasteiger partial charge in [-0.15, -0.1) is 0 Å². The van der Waals surface area contributed by atoms with Crippen LogP contribution in [0.5, 0.6) is 0 Å². The molecule has 1 N–H and O–H groups in total. The second-order valence-electron chi connectivity index (χ2n) is 4.37. The highest BCUT2D eigenvalue weighted by molar-refractivity contribution is 9.10. The molecular weight excluding hydrogens is 326 g/mol. The molecule has 0 fully saturated rings. The Kier molecular flexibility index (Phi) is 4.27. The molecule has 19 heavy (non-hydrogen) atoms. The molecule has 1 amide bonds. The van der Waals surface area contributed by atoms with Gasteiger partial charge in [-0.25, -0.2) is 0 Å². The SMILES string of the molecule is Cc1cc(Br)ccc1NC(=O)c1cc(Cl)ccc1C. The molecule has 0 spiro atoms. The van der Waals surface area contributed by atoms with Crippen LogP contribution in [0.1, 0.15) is 21.5 Å². The number of nitrogens with one attached hydrogen (secondary N) is 1. The topological polar surface area (TPSA) is 29.1 Å². The van der Waals surface area contributed by atoms with E-state index in [1.54, 1.807) is 12.1 Å². The van der Waals surface area contributed by atoms with E-state index >= 15 is 0 Å². The molecule has 0 atom stereocenters. The van der Waals surface area contributed by atoms with Crippen LogP contribution in [0.25, 0.3) is 0 Å². The van der Waals surface area contributed by atoms with Crippen molar-refractivity contribution in [3.63, 3.8) is 0 Å². The fourth-order valence-electron chi connectivity index (χ4n) is 1.80. The first kappa shape index (κ1) is 14.1. The molecule has 0 aliphatic carbocycles. The largest absolute Gasteiger partial charge is 0.322 e. The molecular formula is C15H13BrClNO. The smallest absolute Gasteiger partial charge is 0.255 e. The van der Waals surface area contributed by atoms with Gasteiger partial charge in [-0.3, -0.25) is 4.79 Å². The highest BCUT2D eigenvalue weighted by atomic mass is 79.9. The minimum absolute atomic E-state index is 0.148. The Morgan fingerprint density at radius 3 is 2.53 bits per heavy atom. The number of anilines is 1. The summed E-state index contributed by atoms with van der Waals surface area (Å²) in [6, 6.07) is 11.0. The third kappa shape index (κ3) is 3.37. The Hall–Kier alpha value is -1.32. The molecule has 0 unspecified atom stereocenters. The Bertz CT molecular complexity index is 640. The number of hydrogen-bond acceptors (Lipinski definition) is 1. The summed E-state index contributed by atoms with van der Waals surface area (Å²) in [5.41, 5.74) is 3.29. The molecule has 4 heteroatoms. The summed E-state index contributed by atoms with van der Waals surface area (Å²) in [4.78, 5) is 12.2. The van der Waals surface area contributed by atoms with E-state index in [-0.39, 0.29) is 5.91 Å². The van der Waals surface area contributed by atoms with Crippen molar-refractivity contribution in [1.29, 1.82) is 0 Å². The number of carbonyl (C=O) groups excluding carboxylic acids is 1. The fraction of sp³-hybridized carbons (Fsp3) is 0.133. The van der Waals surface area contributed by atoms with Crippen LogP contribution in [-0.4, -0.2) is 5.91 Å². The number of rotatable bonds is 2. The van der Waals surface area contributed by atoms with Crippen LogP contribution >= 0.6 is 27.5 Å². The molecule has 0 aliphatic rings. The average Bonchev–Trinajstić information content (AvgIpc) is 2.35. The van der Waals surface area contributed by atoms with Crippen molar-refractivity contribution in [2.75, 3.05) is 5.32 Å². The predicted molar refractivity (Wildman–Crippen MR) is 83.0 cm³/mol. The summed E-state index contributed by atoms with van der Waals surface area (Å²) >= 11 is 9.33. The zero-order valence-corrected chi connectivity index (χ0v) is 13.0. The summed E-state index contributed by atoms with van der Waals surface area (Å²) in [6.07, 6.45) is 0. The predicted octanol–water partition coefficient (Wildman–Crippen LogP) is 4.97. The number of amides is 1. The third-order valence-corrected chi connectivity index (χ3v) is 3.61. The van der Waals surface area contributed by atoms with Crippen LogP contribution < -0.4 is 5.32 Å². The quantitative estimate of drug-likeness (QED) is 0.823. The van der Waals surface area contributed by atoms with E-state index in [4.69, 9.17) is 11.6 Å². The minimum Gasteiger partial charge on any atom is -0.322 e. The molecule has 2 nitrogen and oxygen atoms in total. The number of halogens is 2. The number of aryl methyl sites for hydroxylation is 2. The van der Waals surface area contributed by atoms with Crippen molar-refractivity contribution in [1.82, 2.24) is 0 Å². The van der Waals surface area contributed by atoms with Crippen LogP contribution in [0.3, 0.4) is 0 Å². The van der Waals surface area contributed by atoms with Gasteiger partial charge in [0.15, 0.2) is 0 Å². The zero-order chi connectivity index (χ0) is 14.0. The van der Waals surface area contributed by atoms with Gasteiger partial charge in [0, 0.05) is 20.7 Å². The molecule has 0 aliphatic heterocycles. The average molecular weight is 339 g/mol.